The molecule has 0 aliphatic carbocycles. The number of hydrogen-bond acceptors (Lipinski definition) is 7. The van der Waals surface area contributed by atoms with Crippen LogP contribution in [0.1, 0.15) is 26.0 Å². The normalized spacial score (nSPS) is 14.0. The average Bonchev–Trinajstić information content (AvgIpc) is 3.15. The lowest BCUT2D eigenvalue weighted by Gasteiger charge is -2.19. The molecule has 0 aliphatic heterocycles. The first-order valence-corrected chi connectivity index (χ1v) is 9.08. The van der Waals surface area contributed by atoms with E-state index in [0.717, 1.165) is 0 Å². The molecular weight excluding hydrogens is 384 g/mol. The molecule has 29 heavy (non-hydrogen) atoms. The van der Waals surface area contributed by atoms with Gasteiger partial charge in [0.2, 0.25) is 17.7 Å². The first kappa shape index (κ1) is 24.0. The third kappa shape index (κ3) is 8.70. The van der Waals surface area contributed by atoms with Crippen molar-refractivity contribution in [1.82, 2.24) is 25.9 Å². The topological polar surface area (TPSA) is 200 Å². The number of aromatic nitrogens is 2. The SMILES string of the molecule is CC(C)CC(NC(=O)CNC(=O)C(CO)NC(=O)C(N)Cc1cnc[nH]1)C(=O)O. The van der Waals surface area contributed by atoms with Gasteiger partial charge in [-0.15, -0.1) is 0 Å². The maximum Gasteiger partial charge on any atom is 0.326 e. The van der Waals surface area contributed by atoms with Crippen LogP contribution in [-0.4, -0.2) is 75.1 Å². The second-order valence-corrected chi connectivity index (χ2v) is 6.94. The smallest absolute Gasteiger partial charge is 0.326 e. The lowest BCUT2D eigenvalue weighted by Crippen LogP contribution is -2.55. The summed E-state index contributed by atoms with van der Waals surface area (Å²) in [6, 6.07) is -3.37. The zero-order valence-electron chi connectivity index (χ0n) is 16.3. The molecule has 1 rings (SSSR count). The van der Waals surface area contributed by atoms with Crippen LogP contribution in [0, 0.1) is 5.92 Å². The fourth-order valence-corrected chi connectivity index (χ4v) is 2.43. The number of imidazole rings is 1. The largest absolute Gasteiger partial charge is 0.480 e. The molecule has 12 nitrogen and oxygen atoms in total. The number of carboxylic acid groups (broad SMARTS) is 1. The molecular formula is C17H28N6O6. The number of aliphatic hydroxyl groups excluding tert-OH is 1. The van der Waals surface area contributed by atoms with Gasteiger partial charge in [0.15, 0.2) is 0 Å². The zero-order valence-corrected chi connectivity index (χ0v) is 16.3. The van der Waals surface area contributed by atoms with E-state index < -0.39 is 55.0 Å². The first-order valence-electron chi connectivity index (χ1n) is 9.08. The molecule has 0 radical (unpaired) electrons. The number of aliphatic hydroxyl groups is 1. The van der Waals surface area contributed by atoms with Gasteiger partial charge < -0.3 is 36.9 Å². The Morgan fingerprint density at radius 2 is 1.86 bits per heavy atom. The number of carboxylic acids is 1. The lowest BCUT2D eigenvalue weighted by atomic mass is 10.0. The molecule has 0 spiro atoms. The van der Waals surface area contributed by atoms with Gasteiger partial charge in [0.05, 0.1) is 25.5 Å². The number of hydrogen-bond donors (Lipinski definition) is 7. The van der Waals surface area contributed by atoms with Crippen molar-refractivity contribution in [3.05, 3.63) is 18.2 Å². The lowest BCUT2D eigenvalue weighted by molar-refractivity contribution is -0.142. The Balaban J connectivity index is 2.50. The fourth-order valence-electron chi connectivity index (χ4n) is 2.43. The van der Waals surface area contributed by atoms with Gasteiger partial charge in [-0.2, -0.15) is 0 Å². The van der Waals surface area contributed by atoms with E-state index >= 15 is 0 Å². The van der Waals surface area contributed by atoms with Crippen molar-refractivity contribution < 1.29 is 29.4 Å². The highest BCUT2D eigenvalue weighted by molar-refractivity contribution is 5.92. The Bertz CT molecular complexity index is 693. The molecule has 8 N–H and O–H groups in total. The number of nitrogens with one attached hydrogen (secondary N) is 4. The van der Waals surface area contributed by atoms with Crippen LogP contribution in [0.25, 0.3) is 0 Å². The predicted octanol–water partition coefficient (Wildman–Crippen LogP) is -2.51. The molecule has 0 saturated heterocycles. The number of amides is 3. The number of H-pyrrole nitrogens is 1. The maximum absolute atomic E-state index is 12.1. The number of nitrogens with zero attached hydrogens (tertiary/aromatic N) is 1. The summed E-state index contributed by atoms with van der Waals surface area (Å²) in [5.41, 5.74) is 6.39. The van der Waals surface area contributed by atoms with Crippen molar-refractivity contribution in [2.24, 2.45) is 11.7 Å². The number of nitrogens with two attached hydrogens (primary N) is 1. The van der Waals surface area contributed by atoms with Crippen molar-refractivity contribution in [2.75, 3.05) is 13.2 Å². The van der Waals surface area contributed by atoms with E-state index in [1.807, 2.05) is 13.8 Å². The Labute approximate surface area is 167 Å². The van der Waals surface area contributed by atoms with Gasteiger partial charge in [-0.3, -0.25) is 14.4 Å². The Morgan fingerprint density at radius 1 is 1.17 bits per heavy atom. The minimum Gasteiger partial charge on any atom is -0.480 e. The van der Waals surface area contributed by atoms with E-state index in [4.69, 9.17) is 10.8 Å². The van der Waals surface area contributed by atoms with Gasteiger partial charge in [0, 0.05) is 18.3 Å². The zero-order chi connectivity index (χ0) is 22.0. The van der Waals surface area contributed by atoms with Crippen LogP contribution in [0.2, 0.25) is 0 Å². The summed E-state index contributed by atoms with van der Waals surface area (Å²) in [5.74, 6) is -3.30. The summed E-state index contributed by atoms with van der Waals surface area (Å²) < 4.78 is 0. The molecule has 0 aromatic carbocycles. The number of carbonyl (C=O) groups excluding carboxylic acids is 3. The van der Waals surface area contributed by atoms with Crippen LogP contribution in [0.5, 0.6) is 0 Å². The molecule has 3 amide bonds. The standard InChI is InChI=1S/C17H28N6O6/c1-9(2)3-12(17(28)29)22-14(25)6-20-16(27)13(7-24)23-15(26)11(18)4-10-5-19-8-21-10/h5,8-9,11-13,24H,3-4,6-7,18H2,1-2H3,(H,19,21)(H,20,27)(H,22,25)(H,23,26)(H,28,29). The number of aromatic amines is 1. The summed E-state index contributed by atoms with van der Waals surface area (Å²) in [6.45, 7) is 2.42. The Morgan fingerprint density at radius 3 is 2.38 bits per heavy atom. The third-order valence-electron chi connectivity index (χ3n) is 3.91. The van der Waals surface area contributed by atoms with Gasteiger partial charge in [0.25, 0.3) is 0 Å². The van der Waals surface area contributed by atoms with Crippen molar-refractivity contribution >= 4 is 23.7 Å². The average molecular weight is 412 g/mol. The van der Waals surface area contributed by atoms with Crippen molar-refractivity contribution in [3.63, 3.8) is 0 Å². The highest BCUT2D eigenvalue weighted by Gasteiger charge is 2.25. The first-order chi connectivity index (χ1) is 13.6. The number of rotatable bonds is 12. The molecule has 0 saturated carbocycles. The van der Waals surface area contributed by atoms with Gasteiger partial charge >= 0.3 is 5.97 Å². The molecule has 1 heterocycles. The van der Waals surface area contributed by atoms with Gasteiger partial charge in [-0.05, 0) is 12.3 Å². The van der Waals surface area contributed by atoms with E-state index in [-0.39, 0.29) is 18.8 Å². The van der Waals surface area contributed by atoms with Gasteiger partial charge in [-0.1, -0.05) is 13.8 Å². The summed E-state index contributed by atoms with van der Waals surface area (Å²) in [4.78, 5) is 53.9. The minimum absolute atomic E-state index is 0.0472. The molecule has 1 aromatic heterocycles. The molecule has 0 fully saturated rings. The van der Waals surface area contributed by atoms with Gasteiger partial charge in [-0.25, -0.2) is 9.78 Å². The van der Waals surface area contributed by atoms with Crippen LogP contribution < -0.4 is 21.7 Å². The molecule has 3 atom stereocenters. The highest BCUT2D eigenvalue weighted by Crippen LogP contribution is 2.04. The van der Waals surface area contributed by atoms with E-state index in [0.29, 0.717) is 5.69 Å². The van der Waals surface area contributed by atoms with E-state index in [9.17, 15) is 24.3 Å². The minimum atomic E-state index is -1.31. The third-order valence-corrected chi connectivity index (χ3v) is 3.91. The van der Waals surface area contributed by atoms with Crippen molar-refractivity contribution in [3.8, 4) is 0 Å². The van der Waals surface area contributed by atoms with Crippen LogP contribution in [0.4, 0.5) is 0 Å². The van der Waals surface area contributed by atoms with Crippen LogP contribution in [0.3, 0.4) is 0 Å². The van der Waals surface area contributed by atoms with Crippen LogP contribution in [-0.2, 0) is 25.6 Å². The summed E-state index contributed by atoms with van der Waals surface area (Å²) >= 11 is 0. The number of carbonyl (C=O) groups is 4. The second kappa shape index (κ2) is 11.8. The monoisotopic (exact) mass is 412 g/mol. The van der Waals surface area contributed by atoms with Crippen molar-refractivity contribution in [2.45, 2.75) is 44.8 Å². The number of aliphatic carboxylic acids is 1. The van der Waals surface area contributed by atoms with Crippen LogP contribution >= 0.6 is 0 Å². The second-order valence-electron chi connectivity index (χ2n) is 6.94. The van der Waals surface area contributed by atoms with Crippen LogP contribution in [0.15, 0.2) is 12.5 Å². The highest BCUT2D eigenvalue weighted by atomic mass is 16.4. The molecule has 1 aromatic rings. The quantitative estimate of drug-likeness (QED) is 0.195. The molecule has 0 aliphatic rings. The predicted molar refractivity (Wildman–Crippen MR) is 101 cm³/mol. The molecule has 12 heteroatoms. The fraction of sp³-hybridized carbons (Fsp3) is 0.588. The summed E-state index contributed by atoms with van der Waals surface area (Å²) in [7, 11) is 0. The van der Waals surface area contributed by atoms with E-state index in [1.54, 1.807) is 0 Å². The Hall–Kier alpha value is -2.99. The molecule has 0 bridgehead atoms. The summed E-state index contributed by atoms with van der Waals surface area (Å²) in [5, 5.41) is 25.3. The summed E-state index contributed by atoms with van der Waals surface area (Å²) in [6.07, 6.45) is 3.33. The molecule has 162 valence electrons. The molecule has 3 unspecified atom stereocenters. The van der Waals surface area contributed by atoms with E-state index in [1.165, 1.54) is 12.5 Å². The van der Waals surface area contributed by atoms with Crippen molar-refractivity contribution in [1.29, 1.82) is 0 Å². The maximum atomic E-state index is 12.1. The Kier molecular flexibility index (Phi) is 9.75. The van der Waals surface area contributed by atoms with Gasteiger partial charge in [0.1, 0.15) is 12.1 Å². The van der Waals surface area contributed by atoms with E-state index in [2.05, 4.69) is 25.9 Å².